The van der Waals surface area contributed by atoms with Gasteiger partial charge in [-0.1, -0.05) is 0 Å². The minimum atomic E-state index is -4.50. The third-order valence-electron chi connectivity index (χ3n) is 2.82. The van der Waals surface area contributed by atoms with Crippen LogP contribution in [0, 0.1) is 0 Å². The van der Waals surface area contributed by atoms with Crippen LogP contribution < -0.4 is 0 Å². The molecule has 1 fully saturated rings. The summed E-state index contributed by atoms with van der Waals surface area (Å²) in [6.45, 7) is 5.92. The van der Waals surface area contributed by atoms with Gasteiger partial charge in [-0.25, -0.2) is 4.79 Å². The number of hydrogen-bond donors (Lipinski definition) is 0. The van der Waals surface area contributed by atoms with E-state index >= 15 is 0 Å². The van der Waals surface area contributed by atoms with Gasteiger partial charge < -0.3 is 14.4 Å². The number of likely N-dealkylation sites (tertiary alicyclic amines) is 1. The van der Waals surface area contributed by atoms with E-state index in [0.29, 0.717) is 0 Å². The van der Waals surface area contributed by atoms with Crippen LogP contribution in [0.2, 0.25) is 0 Å². The molecule has 7 heteroatoms. The molecule has 1 aliphatic heterocycles. The number of amides is 1. The van der Waals surface area contributed by atoms with Crippen molar-refractivity contribution in [2.75, 3.05) is 19.7 Å². The van der Waals surface area contributed by atoms with Crippen LogP contribution in [-0.2, 0) is 9.47 Å². The van der Waals surface area contributed by atoms with Crippen LogP contribution in [0.25, 0.3) is 0 Å². The van der Waals surface area contributed by atoms with Gasteiger partial charge in [0.1, 0.15) is 5.60 Å². The average molecular weight is 283 g/mol. The normalized spacial score (nSPS) is 24.7. The van der Waals surface area contributed by atoms with E-state index in [1.165, 1.54) is 6.92 Å². The first-order chi connectivity index (χ1) is 8.51. The summed E-state index contributed by atoms with van der Waals surface area (Å²) in [5.74, 6) is 0. The highest BCUT2D eigenvalue weighted by Crippen LogP contribution is 2.41. The third kappa shape index (κ3) is 3.75. The molecule has 1 aliphatic rings. The van der Waals surface area contributed by atoms with Crippen molar-refractivity contribution in [3.05, 3.63) is 0 Å². The van der Waals surface area contributed by atoms with Crippen molar-refractivity contribution in [1.29, 1.82) is 0 Å². The van der Waals surface area contributed by atoms with Gasteiger partial charge in [0.25, 0.3) is 0 Å². The molecule has 4 nitrogen and oxygen atoms in total. The zero-order chi connectivity index (χ0) is 14.9. The predicted molar refractivity (Wildman–Crippen MR) is 62.8 cm³/mol. The molecule has 112 valence electrons. The third-order valence-corrected chi connectivity index (χ3v) is 2.82. The molecule has 0 aromatic carbocycles. The Labute approximate surface area is 110 Å². The molecule has 0 N–H and O–H groups in total. The fourth-order valence-electron chi connectivity index (χ4n) is 1.97. The van der Waals surface area contributed by atoms with E-state index in [1.54, 1.807) is 20.8 Å². The molecule has 1 unspecified atom stereocenters. The molecule has 0 aromatic heterocycles. The first kappa shape index (κ1) is 16.1. The van der Waals surface area contributed by atoms with E-state index in [2.05, 4.69) is 0 Å². The first-order valence-corrected chi connectivity index (χ1v) is 6.19. The Hall–Kier alpha value is -0.980. The van der Waals surface area contributed by atoms with Gasteiger partial charge in [-0.3, -0.25) is 0 Å². The van der Waals surface area contributed by atoms with Crippen molar-refractivity contribution in [2.45, 2.75) is 51.5 Å². The highest BCUT2D eigenvalue weighted by atomic mass is 19.4. The van der Waals surface area contributed by atoms with Crippen LogP contribution in [0.4, 0.5) is 18.0 Å². The van der Waals surface area contributed by atoms with E-state index in [0.717, 1.165) is 4.90 Å². The SMILES string of the molecule is CCOC1(C(F)(F)F)CCN(C(=O)OC(C)(C)C)C1. The molecule has 0 aromatic rings. The van der Waals surface area contributed by atoms with Crippen molar-refractivity contribution in [3.63, 3.8) is 0 Å². The number of carbonyl (C=O) groups excluding carboxylic acids is 1. The molecular weight excluding hydrogens is 263 g/mol. The van der Waals surface area contributed by atoms with E-state index in [9.17, 15) is 18.0 Å². The summed E-state index contributed by atoms with van der Waals surface area (Å²) in [5, 5.41) is 0. The lowest BCUT2D eigenvalue weighted by Crippen LogP contribution is -2.50. The van der Waals surface area contributed by atoms with Gasteiger partial charge in [-0.15, -0.1) is 0 Å². The van der Waals surface area contributed by atoms with Crippen LogP contribution in [0.5, 0.6) is 0 Å². The molecular formula is C12H20F3NO3. The highest BCUT2D eigenvalue weighted by molar-refractivity contribution is 5.68. The summed E-state index contributed by atoms with van der Waals surface area (Å²) in [4.78, 5) is 12.8. The van der Waals surface area contributed by atoms with Gasteiger partial charge in [0, 0.05) is 19.6 Å². The van der Waals surface area contributed by atoms with E-state index in [4.69, 9.17) is 9.47 Å². The number of hydrogen-bond acceptors (Lipinski definition) is 3. The molecule has 1 saturated heterocycles. The summed E-state index contributed by atoms with van der Waals surface area (Å²) in [7, 11) is 0. The lowest BCUT2D eigenvalue weighted by Gasteiger charge is -2.31. The molecule has 1 rings (SSSR count). The standard InChI is InChI=1S/C12H20F3NO3/c1-5-18-11(12(13,14)15)6-7-16(8-11)9(17)19-10(2,3)4/h5-8H2,1-4H3. The minimum Gasteiger partial charge on any atom is -0.444 e. The second-order valence-corrected chi connectivity index (χ2v) is 5.58. The smallest absolute Gasteiger partial charge is 0.419 e. The Kier molecular flexibility index (Phi) is 4.39. The number of alkyl halides is 3. The van der Waals surface area contributed by atoms with Crippen molar-refractivity contribution < 1.29 is 27.4 Å². The first-order valence-electron chi connectivity index (χ1n) is 6.19. The molecule has 0 aliphatic carbocycles. The molecule has 1 atom stereocenters. The molecule has 1 amide bonds. The van der Waals surface area contributed by atoms with Crippen LogP contribution >= 0.6 is 0 Å². The van der Waals surface area contributed by atoms with E-state index in [1.807, 2.05) is 0 Å². The highest BCUT2D eigenvalue weighted by Gasteiger charge is 2.60. The van der Waals surface area contributed by atoms with Gasteiger partial charge in [0.15, 0.2) is 5.60 Å². The Morgan fingerprint density at radius 2 is 1.89 bits per heavy atom. The van der Waals surface area contributed by atoms with Crippen molar-refractivity contribution in [3.8, 4) is 0 Å². The maximum atomic E-state index is 13.1. The fourth-order valence-corrected chi connectivity index (χ4v) is 1.97. The Morgan fingerprint density at radius 3 is 2.32 bits per heavy atom. The number of halogens is 3. The Morgan fingerprint density at radius 1 is 1.32 bits per heavy atom. The average Bonchev–Trinajstić information content (AvgIpc) is 2.60. The second kappa shape index (κ2) is 5.19. The molecule has 0 spiro atoms. The summed E-state index contributed by atoms with van der Waals surface area (Å²) in [5.41, 5.74) is -3.00. The number of ether oxygens (including phenoxy) is 2. The zero-order valence-electron chi connectivity index (χ0n) is 11.6. The predicted octanol–water partition coefficient (Wildman–Crippen LogP) is 2.96. The van der Waals surface area contributed by atoms with Crippen molar-refractivity contribution >= 4 is 6.09 Å². The van der Waals surface area contributed by atoms with E-state index in [-0.39, 0.29) is 19.6 Å². The molecule has 1 heterocycles. The zero-order valence-corrected chi connectivity index (χ0v) is 11.6. The van der Waals surface area contributed by atoms with Gasteiger partial charge in [-0.2, -0.15) is 13.2 Å². The van der Waals surface area contributed by atoms with Gasteiger partial charge >= 0.3 is 12.3 Å². The molecule has 0 radical (unpaired) electrons. The Bertz CT molecular complexity index is 338. The largest absolute Gasteiger partial charge is 0.444 e. The van der Waals surface area contributed by atoms with Crippen LogP contribution in [0.1, 0.15) is 34.1 Å². The second-order valence-electron chi connectivity index (χ2n) is 5.58. The summed E-state index contributed by atoms with van der Waals surface area (Å²) in [6, 6.07) is 0. The van der Waals surface area contributed by atoms with Crippen LogP contribution in [-0.4, -0.2) is 48.1 Å². The maximum Gasteiger partial charge on any atom is 0.419 e. The maximum absolute atomic E-state index is 13.1. The van der Waals surface area contributed by atoms with Crippen molar-refractivity contribution in [2.24, 2.45) is 0 Å². The lowest BCUT2D eigenvalue weighted by molar-refractivity contribution is -0.270. The lowest BCUT2D eigenvalue weighted by atomic mass is 10.0. The topological polar surface area (TPSA) is 38.8 Å². The Balaban J connectivity index is 2.77. The van der Waals surface area contributed by atoms with Crippen LogP contribution in [0.3, 0.4) is 0 Å². The molecule has 0 bridgehead atoms. The number of nitrogens with zero attached hydrogens (tertiary/aromatic N) is 1. The van der Waals surface area contributed by atoms with Gasteiger partial charge in [-0.05, 0) is 27.7 Å². The summed E-state index contributed by atoms with van der Waals surface area (Å²) in [6.07, 6.45) is -5.50. The number of carbonyl (C=O) groups is 1. The van der Waals surface area contributed by atoms with Gasteiger partial charge in [0.2, 0.25) is 0 Å². The monoisotopic (exact) mass is 283 g/mol. The summed E-state index contributed by atoms with van der Waals surface area (Å²) >= 11 is 0. The molecule has 0 saturated carbocycles. The van der Waals surface area contributed by atoms with E-state index < -0.39 is 30.0 Å². The van der Waals surface area contributed by atoms with Crippen LogP contribution in [0.15, 0.2) is 0 Å². The van der Waals surface area contributed by atoms with Crippen molar-refractivity contribution in [1.82, 2.24) is 4.90 Å². The quantitative estimate of drug-likeness (QED) is 0.782. The number of rotatable bonds is 2. The minimum absolute atomic E-state index is 0.0194. The summed E-state index contributed by atoms with van der Waals surface area (Å²) < 4.78 is 49.2. The van der Waals surface area contributed by atoms with Gasteiger partial charge in [0.05, 0.1) is 6.54 Å². The fraction of sp³-hybridized carbons (Fsp3) is 0.917. The molecule has 19 heavy (non-hydrogen) atoms.